The third kappa shape index (κ3) is 31.9. The Balaban J connectivity index is -0.000000203. The highest BCUT2D eigenvalue weighted by molar-refractivity contribution is 4.44. The summed E-state index contributed by atoms with van der Waals surface area (Å²) in [7, 11) is 0. The van der Waals surface area contributed by atoms with Gasteiger partial charge >= 0.3 is 0 Å². The first-order valence-electron chi connectivity index (χ1n) is 6.20. The van der Waals surface area contributed by atoms with Crippen LogP contribution in [-0.4, -0.2) is 81.5 Å². The lowest BCUT2D eigenvalue weighted by Gasteiger charge is -2.09. The Morgan fingerprint density at radius 3 is 0.842 bits per heavy atom. The summed E-state index contributed by atoms with van der Waals surface area (Å²) in [6, 6.07) is 0. The second-order valence-corrected chi connectivity index (χ2v) is 4.27. The first-order chi connectivity index (χ1) is 8.74. The fraction of sp³-hybridized carbons (Fsp3) is 1.00. The van der Waals surface area contributed by atoms with Crippen LogP contribution in [0.25, 0.3) is 0 Å². The van der Waals surface area contributed by atoms with Gasteiger partial charge in [-0.25, -0.2) is 0 Å². The molecule has 0 fully saturated rings. The number of aliphatic hydroxyl groups excluding tert-OH is 6. The number of ether oxygens (including phenoxy) is 1. The molecule has 0 aliphatic carbocycles. The fourth-order valence-electron chi connectivity index (χ4n) is 0.660. The van der Waals surface area contributed by atoms with E-state index in [4.69, 9.17) is 35.4 Å². The van der Waals surface area contributed by atoms with Gasteiger partial charge in [-0.1, -0.05) is 0 Å². The normalized spacial score (nSPS) is 10.4. The number of hydrogen-bond donors (Lipinski definition) is 6. The number of hydrogen-bond acceptors (Lipinski definition) is 7. The van der Waals surface area contributed by atoms with Gasteiger partial charge in [0.05, 0.1) is 38.6 Å². The molecule has 7 nitrogen and oxygen atoms in total. The molecule has 0 aromatic carbocycles. The summed E-state index contributed by atoms with van der Waals surface area (Å²) in [6.45, 7) is 6.71. The lowest BCUT2D eigenvalue weighted by atomic mass is 10.4. The van der Waals surface area contributed by atoms with E-state index in [0.717, 1.165) is 0 Å². The molecular formula is C12H30O7. The van der Waals surface area contributed by atoms with Gasteiger partial charge in [0.25, 0.3) is 0 Å². The summed E-state index contributed by atoms with van der Waals surface area (Å²) in [5.74, 6) is 0. The second-order valence-electron chi connectivity index (χ2n) is 4.27. The average Bonchev–Trinajstić information content (AvgIpc) is 2.36. The largest absolute Gasteiger partial charge is 0.394 e. The molecule has 7 heteroatoms. The second kappa shape index (κ2) is 17.7. The van der Waals surface area contributed by atoms with Crippen molar-refractivity contribution in [3.8, 4) is 0 Å². The molecule has 0 bridgehead atoms. The van der Waals surface area contributed by atoms with Gasteiger partial charge < -0.3 is 35.4 Å². The molecule has 0 aromatic heterocycles. The van der Waals surface area contributed by atoms with Crippen molar-refractivity contribution in [3.63, 3.8) is 0 Å². The van der Waals surface area contributed by atoms with Gasteiger partial charge in [0.1, 0.15) is 12.2 Å². The topological polar surface area (TPSA) is 131 Å². The van der Waals surface area contributed by atoms with Crippen molar-refractivity contribution in [1.29, 1.82) is 0 Å². The van der Waals surface area contributed by atoms with Gasteiger partial charge in [-0.15, -0.1) is 0 Å². The molecule has 0 spiro atoms. The monoisotopic (exact) mass is 286 g/mol. The van der Waals surface area contributed by atoms with Gasteiger partial charge in [-0.05, 0) is 27.7 Å². The van der Waals surface area contributed by atoms with Crippen LogP contribution in [0.1, 0.15) is 27.7 Å². The lowest BCUT2D eigenvalue weighted by molar-refractivity contribution is 0.0300. The van der Waals surface area contributed by atoms with Gasteiger partial charge in [0, 0.05) is 0 Å². The van der Waals surface area contributed by atoms with E-state index in [1.807, 2.05) is 27.7 Å². The molecule has 6 N–H and O–H groups in total. The highest BCUT2D eigenvalue weighted by Gasteiger charge is 1.95. The predicted molar refractivity (Wildman–Crippen MR) is 71.7 cm³/mol. The maximum atomic E-state index is 8.17. The van der Waals surface area contributed by atoms with E-state index in [1.165, 1.54) is 0 Å². The van der Waals surface area contributed by atoms with Crippen molar-refractivity contribution in [2.24, 2.45) is 0 Å². The molecule has 0 heterocycles. The average molecular weight is 286 g/mol. The summed E-state index contributed by atoms with van der Waals surface area (Å²) < 4.78 is 5.25. The smallest absolute Gasteiger partial charge is 0.100 e. The maximum Gasteiger partial charge on any atom is 0.100 e. The molecule has 0 aliphatic rings. The van der Waals surface area contributed by atoms with E-state index >= 15 is 0 Å². The molecule has 0 saturated carbocycles. The van der Waals surface area contributed by atoms with E-state index in [0.29, 0.717) is 12.2 Å². The van der Waals surface area contributed by atoms with Crippen molar-refractivity contribution in [3.05, 3.63) is 0 Å². The third-order valence-corrected chi connectivity index (χ3v) is 1.39. The third-order valence-electron chi connectivity index (χ3n) is 1.39. The van der Waals surface area contributed by atoms with Crippen molar-refractivity contribution in [2.45, 2.75) is 52.1 Å². The minimum atomic E-state index is -0.954. The zero-order valence-electron chi connectivity index (χ0n) is 12.2. The van der Waals surface area contributed by atoms with Crippen LogP contribution < -0.4 is 0 Å². The molecule has 0 saturated heterocycles. The first kappa shape index (κ1) is 23.8. The summed E-state index contributed by atoms with van der Waals surface area (Å²) in [5.41, 5.74) is 0. The quantitative estimate of drug-likeness (QED) is 0.350. The molecule has 19 heavy (non-hydrogen) atoms. The molecule has 0 aromatic rings. The van der Waals surface area contributed by atoms with Gasteiger partial charge in [-0.3, -0.25) is 0 Å². The predicted octanol–water partition coefficient (Wildman–Crippen LogP) is -1.52. The number of aliphatic hydroxyl groups is 6. The van der Waals surface area contributed by atoms with Crippen LogP contribution in [0.2, 0.25) is 0 Å². The SMILES string of the molecule is CC(C)OC(C)C.OCC(O)CO.OCC(O)CO. The molecule has 0 atom stereocenters. The Morgan fingerprint density at radius 1 is 0.632 bits per heavy atom. The maximum absolute atomic E-state index is 8.17. The van der Waals surface area contributed by atoms with E-state index in [9.17, 15) is 0 Å². The molecular weight excluding hydrogens is 256 g/mol. The zero-order valence-corrected chi connectivity index (χ0v) is 12.2. The van der Waals surface area contributed by atoms with Gasteiger partial charge in [0.15, 0.2) is 0 Å². The number of rotatable bonds is 6. The summed E-state index contributed by atoms with van der Waals surface area (Å²) in [6.07, 6.45) is -1.16. The van der Waals surface area contributed by atoms with E-state index in [2.05, 4.69) is 0 Å². The summed E-state index contributed by atoms with van der Waals surface area (Å²) in [4.78, 5) is 0. The van der Waals surface area contributed by atoms with Crippen molar-refractivity contribution in [1.82, 2.24) is 0 Å². The van der Waals surface area contributed by atoms with E-state index in [-0.39, 0.29) is 26.4 Å². The molecule has 120 valence electrons. The molecule has 0 unspecified atom stereocenters. The van der Waals surface area contributed by atoms with E-state index in [1.54, 1.807) is 0 Å². The van der Waals surface area contributed by atoms with Crippen LogP contribution in [0.15, 0.2) is 0 Å². The Kier molecular flexibility index (Phi) is 22.2. The zero-order chi connectivity index (χ0) is 15.8. The standard InChI is InChI=1S/C6H14O.2C3H8O3/c1-5(2)7-6(3)4;2*4-1-3(6)2-5/h5-6H,1-4H3;2*3-6H,1-2H2. The van der Waals surface area contributed by atoms with Crippen molar-refractivity contribution < 1.29 is 35.4 Å². The summed E-state index contributed by atoms with van der Waals surface area (Å²) >= 11 is 0. The molecule has 0 rings (SSSR count). The fourth-order valence-corrected chi connectivity index (χ4v) is 0.660. The van der Waals surface area contributed by atoms with Crippen LogP contribution in [-0.2, 0) is 4.74 Å². The molecule has 0 aliphatic heterocycles. The van der Waals surface area contributed by atoms with Crippen LogP contribution >= 0.6 is 0 Å². The Bertz CT molecular complexity index is 129. The molecule has 0 amide bonds. The van der Waals surface area contributed by atoms with E-state index < -0.39 is 12.2 Å². The van der Waals surface area contributed by atoms with Crippen molar-refractivity contribution >= 4 is 0 Å². The molecule has 0 radical (unpaired) electrons. The minimum absolute atomic E-state index is 0.365. The van der Waals surface area contributed by atoms with Crippen LogP contribution in [0.3, 0.4) is 0 Å². The van der Waals surface area contributed by atoms with Crippen LogP contribution in [0.5, 0.6) is 0 Å². The Labute approximate surface area is 115 Å². The van der Waals surface area contributed by atoms with Crippen LogP contribution in [0.4, 0.5) is 0 Å². The highest BCUT2D eigenvalue weighted by Crippen LogP contribution is 1.93. The lowest BCUT2D eigenvalue weighted by Crippen LogP contribution is -2.15. The Hall–Kier alpha value is -0.280. The Morgan fingerprint density at radius 2 is 0.842 bits per heavy atom. The summed E-state index contributed by atoms with van der Waals surface area (Å²) in [5, 5.41) is 48.0. The van der Waals surface area contributed by atoms with Crippen molar-refractivity contribution in [2.75, 3.05) is 26.4 Å². The minimum Gasteiger partial charge on any atom is -0.394 e. The van der Waals surface area contributed by atoms with Gasteiger partial charge in [0.2, 0.25) is 0 Å². The van der Waals surface area contributed by atoms with Gasteiger partial charge in [-0.2, -0.15) is 0 Å². The first-order valence-corrected chi connectivity index (χ1v) is 6.20. The van der Waals surface area contributed by atoms with Crippen LogP contribution in [0, 0.1) is 0 Å². The highest BCUT2D eigenvalue weighted by atomic mass is 16.5.